The fourth-order valence-electron chi connectivity index (χ4n) is 2.31. The molecule has 0 radical (unpaired) electrons. The van der Waals surface area contributed by atoms with Crippen molar-refractivity contribution in [2.24, 2.45) is 23.7 Å². The molecule has 4 nitrogen and oxygen atoms in total. The zero-order chi connectivity index (χ0) is 21.9. The summed E-state index contributed by atoms with van der Waals surface area (Å²) in [6.45, 7) is 21.0. The Hall–Kier alpha value is 1.95. The zero-order valence-electron chi connectivity index (χ0n) is 18.3. The molecule has 0 fully saturated rings. The van der Waals surface area contributed by atoms with Gasteiger partial charge in [-0.05, 0) is 0 Å². The van der Waals surface area contributed by atoms with E-state index in [4.69, 9.17) is 0 Å². The first kappa shape index (κ1) is 29.9. The Balaban J connectivity index is 4.53. The van der Waals surface area contributed by atoms with Gasteiger partial charge in [-0.2, -0.15) is 0 Å². The summed E-state index contributed by atoms with van der Waals surface area (Å²) in [5, 5.41) is 0. The summed E-state index contributed by atoms with van der Waals surface area (Å²) in [7, 11) is 1.14. The third-order valence-corrected chi connectivity index (χ3v) is 19.9. The van der Waals surface area contributed by atoms with Crippen molar-refractivity contribution in [3.8, 4) is 0 Å². The molecule has 0 saturated heterocycles. The molecule has 0 aliphatic rings. The van der Waals surface area contributed by atoms with Crippen LogP contribution >= 0.6 is 64.1 Å². The fraction of sp³-hybridized carbons (Fsp3) is 0.889. The molecule has 0 bridgehead atoms. The van der Waals surface area contributed by atoms with Crippen molar-refractivity contribution in [3.05, 3.63) is 0 Å². The molecule has 0 aliphatic heterocycles. The first-order valence-electron chi connectivity index (χ1n) is 9.64. The summed E-state index contributed by atoms with van der Waals surface area (Å²) in [5.41, 5.74) is 0. The van der Waals surface area contributed by atoms with Crippen molar-refractivity contribution >= 4 is 82.0 Å². The summed E-state index contributed by atoms with van der Waals surface area (Å²) in [5.74, 6) is 2.10. The van der Waals surface area contributed by atoms with Crippen LogP contribution in [0.4, 0.5) is 9.59 Å². The maximum atomic E-state index is 12.5. The van der Waals surface area contributed by atoms with Crippen LogP contribution in [0.2, 0.25) is 0 Å². The summed E-state index contributed by atoms with van der Waals surface area (Å²) >= 11 is 5.00. The van der Waals surface area contributed by atoms with Gasteiger partial charge in [0.25, 0.3) is 0 Å². The monoisotopic (exact) mass is 642 g/mol. The molecule has 0 aromatic carbocycles. The van der Waals surface area contributed by atoms with Gasteiger partial charge >= 0.3 is 205 Å². The van der Waals surface area contributed by atoms with Crippen molar-refractivity contribution in [2.45, 2.75) is 55.4 Å². The van der Waals surface area contributed by atoms with Crippen LogP contribution in [0.1, 0.15) is 55.4 Å². The molecule has 0 amide bonds. The number of rotatable bonds is 12. The minimum atomic E-state index is -1.64. The molecule has 0 unspecified atom stereocenters. The third-order valence-electron chi connectivity index (χ3n) is 2.98. The van der Waals surface area contributed by atoms with Gasteiger partial charge in [0.2, 0.25) is 0 Å². The van der Waals surface area contributed by atoms with Crippen LogP contribution in [0.5, 0.6) is 0 Å². The number of nitrogens with zero attached hydrogens (tertiary/aromatic N) is 2. The van der Waals surface area contributed by atoms with E-state index in [2.05, 4.69) is 84.1 Å². The third kappa shape index (κ3) is 17.6. The van der Waals surface area contributed by atoms with Crippen molar-refractivity contribution in [3.63, 3.8) is 0 Å². The number of hydrogen-bond acceptors (Lipinski definition) is 8. The molecule has 0 spiro atoms. The van der Waals surface area contributed by atoms with Gasteiger partial charge in [-0.25, -0.2) is 0 Å². The van der Waals surface area contributed by atoms with Gasteiger partial charge in [0.1, 0.15) is 0 Å². The average Bonchev–Trinajstić information content (AvgIpc) is 2.42. The fourth-order valence-corrected chi connectivity index (χ4v) is 24.6. The van der Waals surface area contributed by atoms with Crippen LogP contribution in [0.15, 0.2) is 0 Å². The van der Waals surface area contributed by atoms with Crippen LogP contribution in [0.25, 0.3) is 0 Å². The normalized spacial score (nSPS) is 12.6. The number of halogens is 1. The van der Waals surface area contributed by atoms with E-state index >= 15 is 0 Å². The molecule has 0 heterocycles. The molecular formula is C18H36AsIN2O2S4. The molecule has 0 atom stereocenters. The van der Waals surface area contributed by atoms with Crippen molar-refractivity contribution in [1.29, 1.82) is 0 Å². The number of carbonyl (C=O) groups is 2. The first-order chi connectivity index (χ1) is 12.9. The second-order valence-corrected chi connectivity index (χ2v) is 32.1. The molecule has 10 heteroatoms. The molecule has 28 heavy (non-hydrogen) atoms. The molecular weight excluding hydrogens is 606 g/mol. The Morgan fingerprint density at radius 1 is 0.679 bits per heavy atom. The van der Waals surface area contributed by atoms with Crippen molar-refractivity contribution < 1.29 is 9.59 Å². The van der Waals surface area contributed by atoms with E-state index in [0.717, 1.165) is 26.2 Å². The van der Waals surface area contributed by atoms with E-state index in [-0.39, 0.29) is 8.89 Å². The average molecular weight is 643 g/mol. The van der Waals surface area contributed by atoms with E-state index in [1.54, 1.807) is 0 Å². The van der Waals surface area contributed by atoms with Crippen LogP contribution in [-0.4, -0.2) is 52.7 Å². The predicted molar refractivity (Wildman–Crippen MR) is 143 cm³/mol. The van der Waals surface area contributed by atoms with Gasteiger partial charge in [-0.1, -0.05) is 0 Å². The van der Waals surface area contributed by atoms with E-state index < -0.39 is 8.99 Å². The van der Waals surface area contributed by atoms with Gasteiger partial charge in [0, 0.05) is 0 Å². The second kappa shape index (κ2) is 16.6. The Labute approximate surface area is 203 Å². The van der Waals surface area contributed by atoms with Crippen LogP contribution in [-0.2, 0) is 0 Å². The molecule has 0 aromatic rings. The number of hydrogen-bond donors (Lipinski definition) is 0. The van der Waals surface area contributed by atoms with Gasteiger partial charge < -0.3 is 0 Å². The molecule has 166 valence electrons. The van der Waals surface area contributed by atoms with Crippen molar-refractivity contribution in [2.75, 3.05) is 26.2 Å². The standard InChI is InChI=1S/C18H36AsIN2O2S4/c1-13(2)9-21(10-14(3)4)27-17(23)25-19(20)26-18(24)28-22(11-15(5)6)12-16(7)8/h13-16H,9-12H2,1-8H3. The Kier molecular flexibility index (Phi) is 17.7. The summed E-state index contributed by atoms with van der Waals surface area (Å²) < 4.78 is 4.61. The molecule has 0 aromatic heterocycles. The predicted octanol–water partition coefficient (Wildman–Crippen LogP) is 7.64. The SMILES string of the molecule is CC(C)CN(CC(C)C)SC(=O)S[As](I)SC(=O)SN(CC(C)C)CC(C)C. The van der Waals surface area contributed by atoms with Crippen LogP contribution < -0.4 is 0 Å². The van der Waals surface area contributed by atoms with E-state index in [9.17, 15) is 9.59 Å². The van der Waals surface area contributed by atoms with Crippen LogP contribution in [0, 0.1) is 23.7 Å². The van der Waals surface area contributed by atoms with Gasteiger partial charge in [-0.15, -0.1) is 0 Å². The molecule has 0 aliphatic carbocycles. The summed E-state index contributed by atoms with van der Waals surface area (Å²) in [4.78, 5) is 25.0. The van der Waals surface area contributed by atoms with Gasteiger partial charge in [0.15, 0.2) is 0 Å². The zero-order valence-corrected chi connectivity index (χ0v) is 25.6. The number of carbonyl (C=O) groups excluding carboxylic acids is 2. The Morgan fingerprint density at radius 3 is 1.14 bits per heavy atom. The summed E-state index contributed by atoms with van der Waals surface area (Å²) in [6, 6.07) is 0. The van der Waals surface area contributed by atoms with Gasteiger partial charge in [0.05, 0.1) is 0 Å². The first-order valence-corrected chi connectivity index (χ1v) is 23.1. The van der Waals surface area contributed by atoms with Crippen molar-refractivity contribution in [1.82, 2.24) is 8.61 Å². The molecule has 0 saturated carbocycles. The molecule has 0 rings (SSSR count). The minimum absolute atomic E-state index is 0.127. The van der Waals surface area contributed by atoms with E-state index in [1.807, 2.05) is 0 Å². The Bertz CT molecular complexity index is 411. The topological polar surface area (TPSA) is 40.6 Å². The van der Waals surface area contributed by atoms with E-state index in [1.165, 1.54) is 43.9 Å². The molecule has 0 N–H and O–H groups in total. The quantitative estimate of drug-likeness (QED) is 0.122. The Morgan fingerprint density at radius 2 is 0.929 bits per heavy atom. The second-order valence-electron chi connectivity index (χ2n) is 8.35. The van der Waals surface area contributed by atoms with Gasteiger partial charge in [-0.3, -0.25) is 0 Å². The maximum absolute atomic E-state index is 12.5. The van der Waals surface area contributed by atoms with Crippen LogP contribution in [0.3, 0.4) is 0 Å². The van der Waals surface area contributed by atoms with E-state index in [0.29, 0.717) is 23.7 Å². The summed E-state index contributed by atoms with van der Waals surface area (Å²) in [6.07, 6.45) is 0.